The summed E-state index contributed by atoms with van der Waals surface area (Å²) in [6.07, 6.45) is 0. The first kappa shape index (κ1) is 14.3. The molecule has 0 aliphatic heterocycles. The molecule has 4 nitrogen and oxygen atoms in total. The van der Waals surface area contributed by atoms with Gasteiger partial charge in [0, 0.05) is 5.02 Å². The number of nitrogens with two attached hydrogens (primary N) is 1. The molecule has 1 aromatic rings. The number of carbonyl (C=O) groups excluding carboxylic acids is 1. The van der Waals surface area contributed by atoms with Gasteiger partial charge >= 0.3 is 0 Å². The Balaban J connectivity index is 2.61. The molecule has 0 radical (unpaired) electrons. The fraction of sp³-hybridized carbons (Fsp3) is 0.364. The second-order valence-corrected chi connectivity index (χ2v) is 4.49. The van der Waals surface area contributed by atoms with Crippen LogP contribution in [0.1, 0.15) is 6.92 Å². The standard InChI is InChI=1S/C11H14Cl2N2O2/c1-7(14-4-5-16)11(17)15-10-3-2-8(12)6-9(10)13/h2-3,6-7,14,16H,4-5H2,1H3,(H,15,17)/p+1/t7-/m0/s1. The highest BCUT2D eigenvalue weighted by Gasteiger charge is 2.16. The molecule has 0 fully saturated rings. The fourth-order valence-corrected chi connectivity index (χ4v) is 1.72. The summed E-state index contributed by atoms with van der Waals surface area (Å²) in [4.78, 5) is 11.7. The Morgan fingerprint density at radius 1 is 1.53 bits per heavy atom. The van der Waals surface area contributed by atoms with E-state index in [-0.39, 0.29) is 18.6 Å². The van der Waals surface area contributed by atoms with Crippen molar-refractivity contribution in [2.24, 2.45) is 0 Å². The average Bonchev–Trinajstić information content (AvgIpc) is 2.29. The Morgan fingerprint density at radius 3 is 2.82 bits per heavy atom. The van der Waals surface area contributed by atoms with Crippen LogP contribution in [-0.4, -0.2) is 30.2 Å². The van der Waals surface area contributed by atoms with E-state index >= 15 is 0 Å². The predicted molar refractivity (Wildman–Crippen MR) is 68.4 cm³/mol. The molecular weight excluding hydrogens is 263 g/mol. The number of aliphatic hydroxyl groups is 1. The number of amides is 1. The van der Waals surface area contributed by atoms with Gasteiger partial charge in [-0.3, -0.25) is 4.79 Å². The van der Waals surface area contributed by atoms with Crippen molar-refractivity contribution < 1.29 is 15.2 Å². The quantitative estimate of drug-likeness (QED) is 0.748. The van der Waals surface area contributed by atoms with E-state index in [0.29, 0.717) is 22.3 Å². The molecule has 0 bridgehead atoms. The molecule has 1 aromatic carbocycles. The lowest BCUT2D eigenvalue weighted by atomic mass is 10.2. The smallest absolute Gasteiger partial charge is 0.282 e. The van der Waals surface area contributed by atoms with Crippen LogP contribution in [0.5, 0.6) is 0 Å². The molecule has 94 valence electrons. The van der Waals surface area contributed by atoms with Crippen LogP contribution in [0.3, 0.4) is 0 Å². The van der Waals surface area contributed by atoms with Crippen LogP contribution in [-0.2, 0) is 4.79 Å². The van der Waals surface area contributed by atoms with Crippen LogP contribution < -0.4 is 10.6 Å². The summed E-state index contributed by atoms with van der Waals surface area (Å²) in [5.41, 5.74) is 0.533. The first-order valence-corrected chi connectivity index (χ1v) is 6.00. The van der Waals surface area contributed by atoms with Crippen LogP contribution in [0.2, 0.25) is 10.0 Å². The molecule has 1 atom stereocenters. The maximum Gasteiger partial charge on any atom is 0.282 e. The van der Waals surface area contributed by atoms with E-state index in [1.165, 1.54) is 0 Å². The van der Waals surface area contributed by atoms with Crippen molar-refractivity contribution in [1.29, 1.82) is 0 Å². The van der Waals surface area contributed by atoms with Crippen molar-refractivity contribution >= 4 is 34.8 Å². The van der Waals surface area contributed by atoms with Crippen LogP contribution in [0.15, 0.2) is 18.2 Å². The number of halogens is 2. The summed E-state index contributed by atoms with van der Waals surface area (Å²) in [6.45, 7) is 2.29. The van der Waals surface area contributed by atoms with Gasteiger partial charge < -0.3 is 15.7 Å². The van der Waals surface area contributed by atoms with E-state index in [1.807, 2.05) is 0 Å². The van der Waals surface area contributed by atoms with Gasteiger partial charge in [0.1, 0.15) is 0 Å². The van der Waals surface area contributed by atoms with Gasteiger partial charge in [-0.05, 0) is 25.1 Å². The lowest BCUT2D eigenvalue weighted by Gasteiger charge is -2.11. The van der Waals surface area contributed by atoms with E-state index in [0.717, 1.165) is 0 Å². The largest absolute Gasteiger partial charge is 0.391 e. The number of hydrogen-bond donors (Lipinski definition) is 3. The van der Waals surface area contributed by atoms with E-state index in [9.17, 15) is 4.79 Å². The molecule has 0 unspecified atom stereocenters. The molecule has 0 spiro atoms. The van der Waals surface area contributed by atoms with Crippen LogP contribution in [0, 0.1) is 0 Å². The number of aliphatic hydroxyl groups excluding tert-OH is 1. The molecule has 0 aliphatic rings. The predicted octanol–water partition coefficient (Wildman–Crippen LogP) is 0.876. The average molecular weight is 278 g/mol. The van der Waals surface area contributed by atoms with Crippen LogP contribution in [0.25, 0.3) is 0 Å². The number of carbonyl (C=O) groups is 1. The Hall–Kier alpha value is -0.810. The number of hydrogen-bond acceptors (Lipinski definition) is 2. The molecule has 0 saturated carbocycles. The second kappa shape index (κ2) is 6.81. The third-order valence-corrected chi connectivity index (χ3v) is 2.80. The summed E-state index contributed by atoms with van der Waals surface area (Å²) in [5.74, 6) is -0.164. The first-order valence-electron chi connectivity index (χ1n) is 5.24. The maximum atomic E-state index is 11.7. The minimum absolute atomic E-state index is 0.0410. The Labute approximate surface area is 110 Å². The van der Waals surface area contributed by atoms with Crippen molar-refractivity contribution in [3.05, 3.63) is 28.2 Å². The summed E-state index contributed by atoms with van der Waals surface area (Å²) >= 11 is 11.7. The molecule has 4 N–H and O–H groups in total. The van der Waals surface area contributed by atoms with Gasteiger partial charge in [0.25, 0.3) is 5.91 Å². The summed E-state index contributed by atoms with van der Waals surface area (Å²) in [7, 11) is 0. The highest BCUT2D eigenvalue weighted by Crippen LogP contribution is 2.25. The number of rotatable bonds is 5. The SMILES string of the molecule is C[C@H]([NH2+]CCO)C(=O)Nc1ccc(Cl)cc1Cl. The van der Waals surface area contributed by atoms with Crippen molar-refractivity contribution in [2.45, 2.75) is 13.0 Å². The molecule has 0 heterocycles. The molecule has 1 amide bonds. The third kappa shape index (κ3) is 4.52. The van der Waals surface area contributed by atoms with Gasteiger partial charge in [0.05, 0.1) is 23.9 Å². The maximum absolute atomic E-state index is 11.7. The Kier molecular flexibility index (Phi) is 5.71. The van der Waals surface area contributed by atoms with E-state index in [4.69, 9.17) is 28.3 Å². The van der Waals surface area contributed by atoms with Crippen LogP contribution >= 0.6 is 23.2 Å². The van der Waals surface area contributed by atoms with Gasteiger partial charge in [-0.25, -0.2) is 0 Å². The van der Waals surface area contributed by atoms with E-state index < -0.39 is 0 Å². The zero-order chi connectivity index (χ0) is 12.8. The van der Waals surface area contributed by atoms with Gasteiger partial charge in [-0.1, -0.05) is 23.2 Å². The van der Waals surface area contributed by atoms with Crippen molar-refractivity contribution in [2.75, 3.05) is 18.5 Å². The molecule has 0 aliphatic carbocycles. The summed E-state index contributed by atoms with van der Waals surface area (Å²) < 4.78 is 0. The number of nitrogens with one attached hydrogen (secondary N) is 1. The van der Waals surface area contributed by atoms with Gasteiger partial charge in [0.15, 0.2) is 6.04 Å². The molecule has 0 aromatic heterocycles. The summed E-state index contributed by atoms with van der Waals surface area (Å²) in [5, 5.41) is 14.0. The molecule has 17 heavy (non-hydrogen) atoms. The summed E-state index contributed by atoms with van der Waals surface area (Å²) in [6, 6.07) is 4.60. The highest BCUT2D eigenvalue weighted by molar-refractivity contribution is 6.36. The Morgan fingerprint density at radius 2 is 2.24 bits per heavy atom. The fourth-order valence-electron chi connectivity index (χ4n) is 1.27. The third-order valence-electron chi connectivity index (χ3n) is 2.25. The normalized spacial score (nSPS) is 12.2. The topological polar surface area (TPSA) is 65.9 Å². The number of anilines is 1. The number of benzene rings is 1. The van der Waals surface area contributed by atoms with E-state index in [2.05, 4.69) is 5.32 Å². The molecule has 6 heteroatoms. The minimum Gasteiger partial charge on any atom is -0.391 e. The highest BCUT2D eigenvalue weighted by atomic mass is 35.5. The zero-order valence-electron chi connectivity index (χ0n) is 9.41. The van der Waals surface area contributed by atoms with Gasteiger partial charge in [0.2, 0.25) is 0 Å². The molecular formula is C11H15Cl2N2O2+. The van der Waals surface area contributed by atoms with Crippen molar-refractivity contribution in [1.82, 2.24) is 0 Å². The lowest BCUT2D eigenvalue weighted by Crippen LogP contribution is -2.92. The van der Waals surface area contributed by atoms with Crippen molar-refractivity contribution in [3.63, 3.8) is 0 Å². The molecule has 0 saturated heterocycles. The first-order chi connectivity index (χ1) is 8.04. The number of quaternary nitrogens is 1. The van der Waals surface area contributed by atoms with Crippen molar-refractivity contribution in [3.8, 4) is 0 Å². The Bertz CT molecular complexity index is 399. The van der Waals surface area contributed by atoms with E-state index in [1.54, 1.807) is 30.4 Å². The van der Waals surface area contributed by atoms with Gasteiger partial charge in [-0.2, -0.15) is 0 Å². The van der Waals surface area contributed by atoms with Crippen LogP contribution in [0.4, 0.5) is 5.69 Å². The minimum atomic E-state index is -0.283. The van der Waals surface area contributed by atoms with Gasteiger partial charge in [-0.15, -0.1) is 0 Å². The lowest BCUT2D eigenvalue weighted by molar-refractivity contribution is -0.674. The second-order valence-electron chi connectivity index (χ2n) is 3.65. The monoisotopic (exact) mass is 277 g/mol. The molecule has 1 rings (SSSR count). The zero-order valence-corrected chi connectivity index (χ0v) is 10.9.